The fourth-order valence-corrected chi connectivity index (χ4v) is 2.05. The van der Waals surface area contributed by atoms with E-state index in [2.05, 4.69) is 15.5 Å². The summed E-state index contributed by atoms with van der Waals surface area (Å²) in [6, 6.07) is 2.06. The average molecular weight is 272 g/mol. The molecule has 0 amide bonds. The van der Waals surface area contributed by atoms with Crippen molar-refractivity contribution in [3.63, 3.8) is 0 Å². The van der Waals surface area contributed by atoms with Gasteiger partial charge >= 0.3 is 6.18 Å². The highest BCUT2D eigenvalue weighted by atomic mass is 19.4. The fraction of sp³-hybridized carbons (Fsp3) is 0.455. The van der Waals surface area contributed by atoms with Crippen molar-refractivity contribution >= 4 is 5.65 Å². The van der Waals surface area contributed by atoms with Crippen molar-refractivity contribution in [2.45, 2.75) is 12.2 Å². The number of halogens is 3. The van der Waals surface area contributed by atoms with E-state index in [-0.39, 0.29) is 6.04 Å². The first kappa shape index (κ1) is 12.4. The highest BCUT2D eigenvalue weighted by Crippen LogP contribution is 2.29. The summed E-state index contributed by atoms with van der Waals surface area (Å²) in [5.41, 5.74) is -0.340. The number of hydrogen-bond donors (Lipinski definition) is 1. The van der Waals surface area contributed by atoms with Crippen molar-refractivity contribution in [1.29, 1.82) is 0 Å². The highest BCUT2D eigenvalue weighted by molar-refractivity contribution is 5.40. The normalized spacial score (nSPS) is 20.9. The molecule has 1 N–H and O–H groups in total. The van der Waals surface area contributed by atoms with E-state index in [0.29, 0.717) is 31.2 Å². The molecule has 0 spiro atoms. The minimum absolute atomic E-state index is 0.243. The summed E-state index contributed by atoms with van der Waals surface area (Å²) in [6.45, 7) is 1.59. The third kappa shape index (κ3) is 2.28. The molecular weight excluding hydrogens is 261 g/mol. The van der Waals surface area contributed by atoms with Crippen molar-refractivity contribution in [3.8, 4) is 0 Å². The molecule has 3 heterocycles. The number of alkyl halides is 3. The van der Waals surface area contributed by atoms with Crippen molar-refractivity contribution in [1.82, 2.24) is 19.9 Å². The Bertz CT molecular complexity index is 589. The smallest absolute Gasteiger partial charge is 0.378 e. The first-order valence-corrected chi connectivity index (χ1v) is 5.79. The van der Waals surface area contributed by atoms with E-state index in [9.17, 15) is 13.2 Å². The van der Waals surface area contributed by atoms with E-state index < -0.39 is 11.7 Å². The molecule has 1 atom stereocenters. The molecule has 1 fully saturated rings. The van der Waals surface area contributed by atoms with Crippen LogP contribution in [0.3, 0.4) is 0 Å². The van der Waals surface area contributed by atoms with Gasteiger partial charge in [0.1, 0.15) is 0 Å². The molecule has 0 aliphatic carbocycles. The molecule has 3 rings (SSSR count). The van der Waals surface area contributed by atoms with Gasteiger partial charge in [0.25, 0.3) is 0 Å². The first-order valence-electron chi connectivity index (χ1n) is 5.79. The van der Waals surface area contributed by atoms with Gasteiger partial charge in [0, 0.05) is 12.7 Å². The van der Waals surface area contributed by atoms with Crippen LogP contribution in [0, 0.1) is 0 Å². The molecule has 1 aliphatic rings. The van der Waals surface area contributed by atoms with E-state index in [0.717, 1.165) is 12.3 Å². The second kappa shape index (κ2) is 4.46. The van der Waals surface area contributed by atoms with Gasteiger partial charge in [-0.15, -0.1) is 10.2 Å². The number of nitrogens with one attached hydrogen (secondary N) is 1. The monoisotopic (exact) mass is 272 g/mol. The zero-order chi connectivity index (χ0) is 13.5. The van der Waals surface area contributed by atoms with Crippen molar-refractivity contribution in [2.75, 3.05) is 19.8 Å². The van der Waals surface area contributed by atoms with Gasteiger partial charge in [0.05, 0.1) is 24.8 Å². The molecule has 0 bridgehead atoms. The van der Waals surface area contributed by atoms with Gasteiger partial charge in [-0.2, -0.15) is 13.2 Å². The summed E-state index contributed by atoms with van der Waals surface area (Å²) < 4.78 is 44.7. The maximum Gasteiger partial charge on any atom is 0.417 e. The predicted molar refractivity (Wildman–Crippen MR) is 59.6 cm³/mol. The van der Waals surface area contributed by atoms with E-state index in [1.807, 2.05) is 0 Å². The fourth-order valence-electron chi connectivity index (χ4n) is 2.05. The molecule has 2 aromatic rings. The van der Waals surface area contributed by atoms with Crippen LogP contribution in [0.4, 0.5) is 13.2 Å². The van der Waals surface area contributed by atoms with Crippen molar-refractivity contribution < 1.29 is 17.9 Å². The minimum atomic E-state index is -4.38. The molecule has 0 saturated carbocycles. The van der Waals surface area contributed by atoms with Crippen molar-refractivity contribution in [3.05, 3.63) is 29.7 Å². The van der Waals surface area contributed by atoms with Crippen LogP contribution in [0.5, 0.6) is 0 Å². The van der Waals surface area contributed by atoms with E-state index in [1.165, 1.54) is 10.5 Å². The van der Waals surface area contributed by atoms with Gasteiger partial charge in [-0.05, 0) is 12.1 Å². The number of hydrogen-bond acceptors (Lipinski definition) is 4. The maximum atomic E-state index is 12.7. The number of fused-ring (bicyclic) bond motifs is 1. The summed E-state index contributed by atoms with van der Waals surface area (Å²) in [7, 11) is 0. The van der Waals surface area contributed by atoms with Crippen LogP contribution >= 0.6 is 0 Å². The number of rotatable bonds is 1. The molecule has 19 heavy (non-hydrogen) atoms. The lowest BCUT2D eigenvalue weighted by Gasteiger charge is -2.22. The standard InChI is InChI=1S/C11H11F3N4O/c12-11(13,14)7-1-2-9-16-17-10(18(9)5-7)8-6-19-4-3-15-8/h1-2,5,8,15H,3-4,6H2. The Hall–Kier alpha value is -1.67. The van der Waals surface area contributed by atoms with Crippen LogP contribution in [0.15, 0.2) is 18.3 Å². The lowest BCUT2D eigenvalue weighted by molar-refractivity contribution is -0.137. The second-order valence-corrected chi connectivity index (χ2v) is 4.28. The second-order valence-electron chi connectivity index (χ2n) is 4.28. The molecule has 0 aromatic carbocycles. The molecule has 5 nitrogen and oxygen atoms in total. The number of pyridine rings is 1. The van der Waals surface area contributed by atoms with Crippen molar-refractivity contribution in [2.24, 2.45) is 0 Å². The number of nitrogens with zero attached hydrogens (tertiary/aromatic N) is 3. The molecule has 8 heteroatoms. The minimum Gasteiger partial charge on any atom is -0.378 e. The zero-order valence-corrected chi connectivity index (χ0v) is 9.81. The topological polar surface area (TPSA) is 51.5 Å². The Morgan fingerprint density at radius 1 is 1.32 bits per heavy atom. The predicted octanol–water partition coefficient (Wildman–Crippen LogP) is 1.41. The van der Waals surface area contributed by atoms with Crippen LogP contribution < -0.4 is 5.32 Å². The number of morpholine rings is 1. The summed E-state index contributed by atoms with van der Waals surface area (Å²) >= 11 is 0. The molecular formula is C11H11F3N4O. The van der Waals surface area contributed by atoms with E-state index >= 15 is 0 Å². The van der Waals surface area contributed by atoms with Crippen LogP contribution in [0.2, 0.25) is 0 Å². The third-order valence-electron chi connectivity index (χ3n) is 2.99. The Kier molecular flexibility index (Phi) is 2.90. The number of aromatic nitrogens is 3. The zero-order valence-electron chi connectivity index (χ0n) is 9.81. The molecule has 1 unspecified atom stereocenters. The Labute approximate surface area is 106 Å². The quantitative estimate of drug-likeness (QED) is 0.852. The average Bonchev–Trinajstić information content (AvgIpc) is 2.81. The SMILES string of the molecule is FC(F)(F)c1ccc2nnc(C3COCCN3)n2c1. The van der Waals surface area contributed by atoms with Gasteiger partial charge in [-0.25, -0.2) is 0 Å². The van der Waals surface area contributed by atoms with Gasteiger partial charge in [-0.1, -0.05) is 0 Å². The van der Waals surface area contributed by atoms with Crippen LogP contribution in [-0.2, 0) is 10.9 Å². The first-order chi connectivity index (χ1) is 9.05. The van der Waals surface area contributed by atoms with Crippen LogP contribution in [-0.4, -0.2) is 34.4 Å². The molecule has 0 radical (unpaired) electrons. The maximum absolute atomic E-state index is 12.7. The molecule has 102 valence electrons. The lowest BCUT2D eigenvalue weighted by Crippen LogP contribution is -2.35. The largest absolute Gasteiger partial charge is 0.417 e. The summed E-state index contributed by atoms with van der Waals surface area (Å²) in [5, 5.41) is 11.0. The van der Waals surface area contributed by atoms with Crippen LogP contribution in [0.25, 0.3) is 5.65 Å². The van der Waals surface area contributed by atoms with Gasteiger partial charge in [0.2, 0.25) is 0 Å². The van der Waals surface area contributed by atoms with E-state index in [4.69, 9.17) is 4.74 Å². The molecule has 1 saturated heterocycles. The van der Waals surface area contributed by atoms with Gasteiger partial charge in [-0.3, -0.25) is 4.40 Å². The highest BCUT2D eigenvalue weighted by Gasteiger charge is 2.31. The van der Waals surface area contributed by atoms with E-state index in [1.54, 1.807) is 0 Å². The molecule has 2 aromatic heterocycles. The summed E-state index contributed by atoms with van der Waals surface area (Å²) in [4.78, 5) is 0. The lowest BCUT2D eigenvalue weighted by atomic mass is 10.2. The van der Waals surface area contributed by atoms with Gasteiger partial charge in [0.15, 0.2) is 11.5 Å². The third-order valence-corrected chi connectivity index (χ3v) is 2.99. The van der Waals surface area contributed by atoms with Gasteiger partial charge < -0.3 is 10.1 Å². The Balaban J connectivity index is 2.05. The summed E-state index contributed by atoms with van der Waals surface area (Å²) in [6.07, 6.45) is -3.37. The number of ether oxygens (including phenoxy) is 1. The molecule has 1 aliphatic heterocycles. The Morgan fingerprint density at radius 3 is 2.84 bits per heavy atom. The summed E-state index contributed by atoms with van der Waals surface area (Å²) in [5.74, 6) is 0.431. The Morgan fingerprint density at radius 2 is 2.16 bits per heavy atom. The van der Waals surface area contributed by atoms with Crippen LogP contribution in [0.1, 0.15) is 17.4 Å².